The van der Waals surface area contributed by atoms with E-state index < -0.39 is 0 Å². The van der Waals surface area contributed by atoms with Crippen LogP contribution in [0.25, 0.3) is 0 Å². The molecule has 2 heteroatoms. The zero-order valence-electron chi connectivity index (χ0n) is 10.5. The molecule has 0 spiro atoms. The van der Waals surface area contributed by atoms with Gasteiger partial charge in [0.25, 0.3) is 0 Å². The molecule has 86 valence electrons. The summed E-state index contributed by atoms with van der Waals surface area (Å²) in [4.78, 5) is 0. The lowest BCUT2D eigenvalue weighted by atomic mass is 9.97. The fourth-order valence-corrected chi connectivity index (χ4v) is 1.51. The van der Waals surface area contributed by atoms with Crippen molar-refractivity contribution in [2.24, 2.45) is 11.8 Å². The third-order valence-corrected chi connectivity index (χ3v) is 3.00. The molecule has 1 aromatic carbocycles. The van der Waals surface area contributed by atoms with Gasteiger partial charge in [-0.3, -0.25) is 0 Å². The second kappa shape index (κ2) is 5.55. The van der Waals surface area contributed by atoms with Gasteiger partial charge in [0.1, 0.15) is 0 Å². The Morgan fingerprint density at radius 1 is 1.25 bits per heavy atom. The Hall–Kier alpha value is -1.49. The molecule has 2 nitrogen and oxygen atoms in total. The number of anilines is 1. The molecule has 0 radical (unpaired) electrons. The summed E-state index contributed by atoms with van der Waals surface area (Å²) < 4.78 is 0. The van der Waals surface area contributed by atoms with Crippen molar-refractivity contribution in [1.82, 2.24) is 0 Å². The average Bonchev–Trinajstić information content (AvgIpc) is 2.23. The first-order valence-corrected chi connectivity index (χ1v) is 5.75. The summed E-state index contributed by atoms with van der Waals surface area (Å²) in [5.74, 6) is 0.464. The Kier molecular flexibility index (Phi) is 4.37. The van der Waals surface area contributed by atoms with Crippen molar-refractivity contribution in [3.63, 3.8) is 0 Å². The maximum atomic E-state index is 8.98. The molecule has 1 atom stereocenters. The molecular formula is C14H20N2. The zero-order chi connectivity index (χ0) is 12.1. The highest BCUT2D eigenvalue weighted by Gasteiger charge is 2.11. The van der Waals surface area contributed by atoms with Crippen molar-refractivity contribution in [2.75, 3.05) is 11.9 Å². The molecule has 1 N–H and O–H groups in total. The van der Waals surface area contributed by atoms with Crippen LogP contribution in [0.1, 0.15) is 25.0 Å². The van der Waals surface area contributed by atoms with E-state index in [1.54, 1.807) is 0 Å². The number of rotatable bonds is 4. The molecule has 1 rings (SSSR count). The minimum atomic E-state index is 0.0709. The zero-order valence-corrected chi connectivity index (χ0v) is 10.5. The van der Waals surface area contributed by atoms with E-state index in [1.165, 1.54) is 11.1 Å². The molecule has 0 fully saturated rings. The molecule has 1 aromatic rings. The van der Waals surface area contributed by atoms with Crippen molar-refractivity contribution >= 4 is 5.69 Å². The van der Waals surface area contributed by atoms with Gasteiger partial charge in [-0.2, -0.15) is 5.26 Å². The largest absolute Gasteiger partial charge is 0.384 e. The van der Waals surface area contributed by atoms with Crippen molar-refractivity contribution in [2.45, 2.75) is 27.7 Å². The lowest BCUT2D eigenvalue weighted by molar-refractivity contribution is 0.496. The average molecular weight is 216 g/mol. The summed E-state index contributed by atoms with van der Waals surface area (Å²) in [5, 5.41) is 12.3. The highest BCUT2D eigenvalue weighted by atomic mass is 14.9. The van der Waals surface area contributed by atoms with Gasteiger partial charge >= 0.3 is 0 Å². The van der Waals surface area contributed by atoms with Crippen LogP contribution in [0.3, 0.4) is 0 Å². The number of hydrogen-bond donors (Lipinski definition) is 1. The highest BCUT2D eigenvalue weighted by Crippen LogP contribution is 2.16. The van der Waals surface area contributed by atoms with Gasteiger partial charge in [-0.1, -0.05) is 19.9 Å². The molecule has 0 aliphatic heterocycles. The molecule has 0 amide bonds. The van der Waals surface area contributed by atoms with Crippen LogP contribution in [-0.2, 0) is 0 Å². The molecule has 0 aromatic heterocycles. The second-order valence-electron chi connectivity index (χ2n) is 4.66. The Balaban J connectivity index is 2.61. The van der Waals surface area contributed by atoms with E-state index in [0.29, 0.717) is 5.92 Å². The summed E-state index contributed by atoms with van der Waals surface area (Å²) in [6.07, 6.45) is 0. The van der Waals surface area contributed by atoms with Crippen LogP contribution in [0.15, 0.2) is 18.2 Å². The number of benzene rings is 1. The summed E-state index contributed by atoms with van der Waals surface area (Å²) in [6, 6.07) is 8.64. The number of aryl methyl sites for hydroxylation is 2. The standard InChI is InChI=1S/C14H20N2/c1-10(2)13(8-15)9-16-14-6-5-11(3)12(4)7-14/h5-7,10,13,16H,9H2,1-4H3. The Labute approximate surface area is 98.3 Å². The quantitative estimate of drug-likeness (QED) is 0.836. The van der Waals surface area contributed by atoms with Crippen LogP contribution < -0.4 is 5.32 Å². The molecule has 0 aliphatic carbocycles. The van der Waals surface area contributed by atoms with Gasteiger partial charge in [0.2, 0.25) is 0 Å². The van der Waals surface area contributed by atoms with E-state index in [-0.39, 0.29) is 5.92 Å². The third kappa shape index (κ3) is 3.27. The number of nitrogens with zero attached hydrogens (tertiary/aromatic N) is 1. The SMILES string of the molecule is Cc1ccc(NCC(C#N)C(C)C)cc1C. The van der Waals surface area contributed by atoms with Gasteiger partial charge in [-0.05, 0) is 43.0 Å². The van der Waals surface area contributed by atoms with E-state index in [2.05, 4.69) is 57.3 Å². The predicted molar refractivity (Wildman–Crippen MR) is 68.3 cm³/mol. The van der Waals surface area contributed by atoms with Gasteiger partial charge in [-0.25, -0.2) is 0 Å². The van der Waals surface area contributed by atoms with E-state index in [9.17, 15) is 0 Å². The second-order valence-corrected chi connectivity index (χ2v) is 4.66. The normalized spacial score (nSPS) is 12.2. The fraction of sp³-hybridized carbons (Fsp3) is 0.500. The molecule has 0 heterocycles. The first kappa shape index (κ1) is 12.6. The summed E-state index contributed by atoms with van der Waals surface area (Å²) in [7, 11) is 0. The first-order valence-electron chi connectivity index (χ1n) is 5.75. The van der Waals surface area contributed by atoms with Gasteiger partial charge in [0.15, 0.2) is 0 Å². The van der Waals surface area contributed by atoms with Crippen LogP contribution in [-0.4, -0.2) is 6.54 Å². The number of hydrogen-bond acceptors (Lipinski definition) is 2. The summed E-state index contributed by atoms with van der Waals surface area (Å²) in [5.41, 5.74) is 3.68. The molecule has 16 heavy (non-hydrogen) atoms. The Morgan fingerprint density at radius 3 is 2.44 bits per heavy atom. The molecular weight excluding hydrogens is 196 g/mol. The van der Waals surface area contributed by atoms with Crippen LogP contribution >= 0.6 is 0 Å². The van der Waals surface area contributed by atoms with Crippen molar-refractivity contribution in [3.05, 3.63) is 29.3 Å². The molecule has 0 saturated heterocycles. The Morgan fingerprint density at radius 2 is 1.94 bits per heavy atom. The lowest BCUT2D eigenvalue weighted by Crippen LogP contribution is -2.17. The van der Waals surface area contributed by atoms with Crippen molar-refractivity contribution < 1.29 is 0 Å². The monoisotopic (exact) mass is 216 g/mol. The van der Waals surface area contributed by atoms with Crippen molar-refractivity contribution in [3.8, 4) is 6.07 Å². The minimum Gasteiger partial charge on any atom is -0.384 e. The summed E-state index contributed by atoms with van der Waals surface area (Å²) in [6.45, 7) is 9.08. The van der Waals surface area contributed by atoms with Crippen LogP contribution in [0.5, 0.6) is 0 Å². The molecule has 0 aliphatic rings. The van der Waals surface area contributed by atoms with E-state index in [4.69, 9.17) is 5.26 Å². The van der Waals surface area contributed by atoms with Gasteiger partial charge in [-0.15, -0.1) is 0 Å². The highest BCUT2D eigenvalue weighted by molar-refractivity contribution is 5.48. The Bertz CT molecular complexity index is 388. The molecule has 0 bridgehead atoms. The maximum absolute atomic E-state index is 8.98. The molecule has 1 unspecified atom stereocenters. The van der Waals surface area contributed by atoms with Gasteiger partial charge in [0.05, 0.1) is 12.0 Å². The van der Waals surface area contributed by atoms with E-state index >= 15 is 0 Å². The smallest absolute Gasteiger partial charge is 0.0677 e. The van der Waals surface area contributed by atoms with E-state index in [1.807, 2.05) is 0 Å². The lowest BCUT2D eigenvalue weighted by Gasteiger charge is -2.15. The van der Waals surface area contributed by atoms with Gasteiger partial charge < -0.3 is 5.32 Å². The summed E-state index contributed by atoms with van der Waals surface area (Å²) >= 11 is 0. The van der Waals surface area contributed by atoms with Gasteiger partial charge in [0, 0.05) is 12.2 Å². The third-order valence-electron chi connectivity index (χ3n) is 3.00. The van der Waals surface area contributed by atoms with Crippen LogP contribution in [0.4, 0.5) is 5.69 Å². The minimum absolute atomic E-state index is 0.0709. The maximum Gasteiger partial charge on any atom is 0.0677 e. The fourth-order valence-electron chi connectivity index (χ4n) is 1.51. The number of nitrogens with one attached hydrogen (secondary N) is 1. The first-order chi connectivity index (χ1) is 7.54. The van der Waals surface area contributed by atoms with Crippen LogP contribution in [0, 0.1) is 37.0 Å². The van der Waals surface area contributed by atoms with Crippen LogP contribution in [0.2, 0.25) is 0 Å². The molecule has 0 saturated carbocycles. The van der Waals surface area contributed by atoms with E-state index in [0.717, 1.165) is 12.2 Å². The number of nitriles is 1. The predicted octanol–water partition coefficient (Wildman–Crippen LogP) is 3.51. The van der Waals surface area contributed by atoms with Crippen molar-refractivity contribution in [1.29, 1.82) is 5.26 Å². The topological polar surface area (TPSA) is 35.8 Å².